The predicted octanol–water partition coefficient (Wildman–Crippen LogP) is 1.27. The quantitative estimate of drug-likeness (QED) is 0.260. The third kappa shape index (κ3) is 9.90. The fraction of sp³-hybridized carbons (Fsp3) is 1.00. The van der Waals surface area contributed by atoms with Crippen LogP contribution in [-0.2, 0) is 31.9 Å². The molecule has 23 heavy (non-hydrogen) atoms. The van der Waals surface area contributed by atoms with Gasteiger partial charge in [-0.2, -0.15) is 0 Å². The average Bonchev–Trinajstić information content (AvgIpc) is 3.31. The molecule has 0 aromatic heterocycles. The molecule has 2 fully saturated rings. The second kappa shape index (κ2) is 9.02. The van der Waals surface area contributed by atoms with Crippen molar-refractivity contribution >= 4 is 17.1 Å². The van der Waals surface area contributed by atoms with Crippen LogP contribution >= 0.6 is 0 Å². The van der Waals surface area contributed by atoms with E-state index in [-0.39, 0.29) is 0 Å². The first kappa shape index (κ1) is 19.5. The molecule has 7 nitrogen and oxygen atoms in total. The van der Waals surface area contributed by atoms with Crippen LogP contribution in [0.4, 0.5) is 0 Å². The van der Waals surface area contributed by atoms with Gasteiger partial charge >= 0.3 is 17.1 Å². The van der Waals surface area contributed by atoms with Crippen molar-refractivity contribution in [2.75, 3.05) is 52.9 Å². The minimum atomic E-state index is -2.21. The lowest BCUT2D eigenvalue weighted by Crippen LogP contribution is -2.49. The van der Waals surface area contributed by atoms with Gasteiger partial charge in [0.1, 0.15) is 12.2 Å². The standard InChI is InChI=1S/C14H30O7Si2/c1-22(2,19-7-5-15-9-13-11-17-13)21-23(3,4)20-8-6-16-10-14-12-18-14/h13-14H,5-12H2,1-4H3. The molecule has 0 saturated carbocycles. The largest absolute Gasteiger partial charge is 0.415 e. The molecule has 2 aliphatic heterocycles. The highest BCUT2D eigenvalue weighted by molar-refractivity contribution is 6.78. The van der Waals surface area contributed by atoms with Gasteiger partial charge < -0.3 is 31.9 Å². The van der Waals surface area contributed by atoms with Gasteiger partial charge in [-0.25, -0.2) is 0 Å². The monoisotopic (exact) mass is 366 g/mol. The van der Waals surface area contributed by atoms with E-state index in [1.54, 1.807) is 0 Å². The van der Waals surface area contributed by atoms with Gasteiger partial charge in [0.25, 0.3) is 0 Å². The van der Waals surface area contributed by atoms with Crippen LogP contribution in [0.3, 0.4) is 0 Å². The number of rotatable bonds is 14. The van der Waals surface area contributed by atoms with Crippen LogP contribution in [0.2, 0.25) is 26.2 Å². The minimum Gasteiger partial charge on any atom is -0.415 e. The molecule has 0 spiro atoms. The first-order valence-electron chi connectivity index (χ1n) is 8.23. The molecule has 2 saturated heterocycles. The maximum atomic E-state index is 6.18. The Labute approximate surface area is 141 Å². The number of hydrogen-bond donors (Lipinski definition) is 0. The third-order valence-electron chi connectivity index (χ3n) is 3.26. The SMILES string of the molecule is C[Si](C)(OCCOCC1CO1)O[Si](C)(C)OCCOCC1CO1. The summed E-state index contributed by atoms with van der Waals surface area (Å²) in [5, 5.41) is 0. The summed E-state index contributed by atoms with van der Waals surface area (Å²) in [6.07, 6.45) is 0.592. The van der Waals surface area contributed by atoms with Gasteiger partial charge in [-0.1, -0.05) is 0 Å². The van der Waals surface area contributed by atoms with Crippen LogP contribution in [0.25, 0.3) is 0 Å². The topological polar surface area (TPSA) is 71.2 Å². The van der Waals surface area contributed by atoms with Gasteiger partial charge in [-0.05, 0) is 26.2 Å². The first-order chi connectivity index (χ1) is 10.9. The molecule has 0 aromatic carbocycles. The Hall–Kier alpha value is 0.154. The van der Waals surface area contributed by atoms with E-state index < -0.39 is 17.1 Å². The molecule has 136 valence electrons. The Bertz CT molecular complexity index is 314. The predicted molar refractivity (Wildman–Crippen MR) is 89.1 cm³/mol. The van der Waals surface area contributed by atoms with Crippen LogP contribution in [0.1, 0.15) is 0 Å². The van der Waals surface area contributed by atoms with E-state index in [0.717, 1.165) is 13.2 Å². The Morgan fingerprint density at radius 1 is 0.739 bits per heavy atom. The van der Waals surface area contributed by atoms with E-state index in [9.17, 15) is 0 Å². The average molecular weight is 367 g/mol. The number of hydrogen-bond acceptors (Lipinski definition) is 7. The van der Waals surface area contributed by atoms with E-state index in [2.05, 4.69) is 0 Å². The summed E-state index contributed by atoms with van der Waals surface area (Å²) >= 11 is 0. The highest BCUT2D eigenvalue weighted by Crippen LogP contribution is 2.17. The van der Waals surface area contributed by atoms with Gasteiger partial charge in [-0.15, -0.1) is 0 Å². The molecular formula is C14H30O7Si2. The highest BCUT2D eigenvalue weighted by Gasteiger charge is 2.36. The zero-order valence-corrected chi connectivity index (χ0v) is 16.7. The maximum absolute atomic E-state index is 6.18. The Morgan fingerprint density at radius 3 is 1.48 bits per heavy atom. The summed E-state index contributed by atoms with van der Waals surface area (Å²) in [6.45, 7) is 13.3. The van der Waals surface area contributed by atoms with Crippen LogP contribution in [0, 0.1) is 0 Å². The lowest BCUT2D eigenvalue weighted by atomic mass is 10.5. The third-order valence-corrected chi connectivity index (χ3v) is 8.99. The van der Waals surface area contributed by atoms with Crippen LogP contribution in [0.5, 0.6) is 0 Å². The maximum Gasteiger partial charge on any atom is 0.323 e. The van der Waals surface area contributed by atoms with Crippen LogP contribution in [-0.4, -0.2) is 82.2 Å². The van der Waals surface area contributed by atoms with E-state index >= 15 is 0 Å². The highest BCUT2D eigenvalue weighted by atomic mass is 28.5. The second-order valence-electron chi connectivity index (χ2n) is 6.66. The molecule has 0 aliphatic carbocycles. The molecule has 9 heteroatoms. The Balaban J connectivity index is 1.50. The molecule has 2 atom stereocenters. The molecule has 2 rings (SSSR count). The van der Waals surface area contributed by atoms with E-state index in [1.165, 1.54) is 0 Å². The molecular weight excluding hydrogens is 336 g/mol. The van der Waals surface area contributed by atoms with Crippen molar-refractivity contribution in [3.05, 3.63) is 0 Å². The smallest absolute Gasteiger partial charge is 0.323 e. The van der Waals surface area contributed by atoms with Crippen molar-refractivity contribution in [2.24, 2.45) is 0 Å². The van der Waals surface area contributed by atoms with Gasteiger partial charge in [0, 0.05) is 0 Å². The van der Waals surface area contributed by atoms with Crippen molar-refractivity contribution in [1.29, 1.82) is 0 Å². The van der Waals surface area contributed by atoms with Gasteiger partial charge in [-0.3, -0.25) is 0 Å². The zero-order chi connectivity index (χ0) is 16.8. The van der Waals surface area contributed by atoms with Gasteiger partial charge in [0.2, 0.25) is 0 Å². The molecule has 0 aromatic rings. The fourth-order valence-electron chi connectivity index (χ4n) is 2.10. The molecule has 2 aliphatic rings. The van der Waals surface area contributed by atoms with Crippen molar-refractivity contribution in [3.63, 3.8) is 0 Å². The first-order valence-corrected chi connectivity index (χ1v) is 13.9. The fourth-order valence-corrected chi connectivity index (χ4v) is 8.46. The van der Waals surface area contributed by atoms with Crippen LogP contribution < -0.4 is 0 Å². The number of ether oxygens (including phenoxy) is 4. The molecule has 0 N–H and O–H groups in total. The Morgan fingerprint density at radius 2 is 1.13 bits per heavy atom. The van der Waals surface area contributed by atoms with Crippen LogP contribution in [0.15, 0.2) is 0 Å². The minimum absolute atomic E-state index is 0.296. The summed E-state index contributed by atoms with van der Waals surface area (Å²) in [4.78, 5) is 0. The van der Waals surface area contributed by atoms with Crippen molar-refractivity contribution in [3.8, 4) is 0 Å². The molecule has 2 heterocycles. The molecule has 0 radical (unpaired) electrons. The van der Waals surface area contributed by atoms with Crippen molar-refractivity contribution in [2.45, 2.75) is 38.4 Å². The van der Waals surface area contributed by atoms with Gasteiger partial charge in [0.05, 0.1) is 52.9 Å². The Kier molecular flexibility index (Phi) is 7.64. The summed E-state index contributed by atoms with van der Waals surface area (Å²) < 4.78 is 39.1. The zero-order valence-electron chi connectivity index (χ0n) is 14.7. The number of epoxide rings is 2. The van der Waals surface area contributed by atoms with Crippen molar-refractivity contribution in [1.82, 2.24) is 0 Å². The van der Waals surface area contributed by atoms with E-state index in [4.69, 9.17) is 31.9 Å². The van der Waals surface area contributed by atoms with E-state index in [0.29, 0.717) is 51.8 Å². The lowest BCUT2D eigenvalue weighted by Gasteiger charge is -2.32. The van der Waals surface area contributed by atoms with Gasteiger partial charge in [0.15, 0.2) is 0 Å². The molecule has 2 unspecified atom stereocenters. The normalized spacial score (nSPS) is 24.0. The second-order valence-corrected chi connectivity index (χ2v) is 13.7. The summed E-state index contributed by atoms with van der Waals surface area (Å²) in [5.74, 6) is 0. The molecule has 0 amide bonds. The summed E-state index contributed by atoms with van der Waals surface area (Å²) in [5.41, 5.74) is 0. The lowest BCUT2D eigenvalue weighted by molar-refractivity contribution is 0.0691. The van der Waals surface area contributed by atoms with E-state index in [1.807, 2.05) is 26.2 Å². The summed E-state index contributed by atoms with van der Waals surface area (Å²) in [6, 6.07) is 0. The van der Waals surface area contributed by atoms with Crippen molar-refractivity contribution < 1.29 is 31.9 Å². The molecule has 0 bridgehead atoms. The summed E-state index contributed by atoms with van der Waals surface area (Å²) in [7, 11) is -4.42.